The Morgan fingerprint density at radius 3 is 2.71 bits per heavy atom. The Kier molecular flexibility index (Phi) is 3.61. The van der Waals surface area contributed by atoms with Crippen molar-refractivity contribution in [1.82, 2.24) is 9.88 Å². The molecule has 0 saturated heterocycles. The molecule has 2 heterocycles. The van der Waals surface area contributed by atoms with Gasteiger partial charge in [-0.3, -0.25) is 4.79 Å². The van der Waals surface area contributed by atoms with Crippen LogP contribution in [0.1, 0.15) is 16.1 Å². The number of nitrogens with one attached hydrogen (secondary N) is 1. The largest absolute Gasteiger partial charge is 0.497 e. The second-order valence-corrected chi connectivity index (χ2v) is 5.27. The second kappa shape index (κ2) is 5.42. The van der Waals surface area contributed by atoms with Crippen LogP contribution in [0.2, 0.25) is 5.15 Å². The number of nitrogens with two attached hydrogens (primary N) is 1. The lowest BCUT2D eigenvalue weighted by Crippen LogP contribution is -2.29. The smallest absolute Gasteiger partial charge is 0.251 e. The monoisotopic (exact) mass is 305 g/mol. The number of halogens is 1. The number of rotatable bonds is 3. The van der Waals surface area contributed by atoms with Gasteiger partial charge in [-0.15, -0.1) is 0 Å². The predicted molar refractivity (Wildman–Crippen MR) is 81.7 cm³/mol. The Balaban J connectivity index is 2.20. The highest BCUT2D eigenvalue weighted by Gasteiger charge is 2.27. The summed E-state index contributed by atoms with van der Waals surface area (Å²) < 4.78 is 7.11. The van der Waals surface area contributed by atoms with Gasteiger partial charge in [0.25, 0.3) is 5.91 Å². The first kappa shape index (κ1) is 14.0. The van der Waals surface area contributed by atoms with E-state index in [1.807, 2.05) is 28.8 Å². The van der Waals surface area contributed by atoms with Gasteiger partial charge in [-0.2, -0.15) is 0 Å². The number of primary amides is 1. The molecule has 0 radical (unpaired) electrons. The zero-order valence-electron chi connectivity index (χ0n) is 11.6. The number of methoxy groups -OCH3 is 1. The van der Waals surface area contributed by atoms with Crippen molar-refractivity contribution in [3.05, 3.63) is 40.7 Å². The van der Waals surface area contributed by atoms with Crippen molar-refractivity contribution in [2.75, 3.05) is 13.7 Å². The van der Waals surface area contributed by atoms with Crippen LogP contribution in [-0.4, -0.2) is 24.1 Å². The number of carbonyl (C=O) groups excluding carboxylic acids is 1. The predicted octanol–water partition coefficient (Wildman–Crippen LogP) is 2.02. The molecule has 3 rings (SSSR count). The number of carbonyl (C=O) groups is 1. The Bertz CT molecular complexity index is 692. The number of hydrogen-bond acceptors (Lipinski definition) is 3. The first-order valence-electron chi connectivity index (χ1n) is 6.69. The maximum Gasteiger partial charge on any atom is 0.251 e. The Labute approximate surface area is 127 Å². The van der Waals surface area contributed by atoms with Gasteiger partial charge < -0.3 is 20.4 Å². The minimum Gasteiger partial charge on any atom is -0.497 e. The van der Waals surface area contributed by atoms with Gasteiger partial charge in [0, 0.05) is 30.9 Å². The molecular weight excluding hydrogens is 290 g/mol. The SMILES string of the molecule is COc1ccc(-c2c(C(N)=O)c3n(c2Cl)CCNC3)cc1. The van der Waals surface area contributed by atoms with Gasteiger partial charge in [-0.05, 0) is 17.7 Å². The zero-order chi connectivity index (χ0) is 15.0. The summed E-state index contributed by atoms with van der Waals surface area (Å²) in [6, 6.07) is 7.44. The molecule has 2 aromatic rings. The van der Waals surface area contributed by atoms with Crippen molar-refractivity contribution in [3.8, 4) is 16.9 Å². The third-order valence-corrected chi connectivity index (χ3v) is 4.13. The van der Waals surface area contributed by atoms with Gasteiger partial charge >= 0.3 is 0 Å². The van der Waals surface area contributed by atoms with Gasteiger partial charge in [0.1, 0.15) is 10.9 Å². The third kappa shape index (κ3) is 2.28. The quantitative estimate of drug-likeness (QED) is 0.911. The number of fused-ring (bicyclic) bond motifs is 1. The fourth-order valence-electron chi connectivity index (χ4n) is 2.74. The summed E-state index contributed by atoms with van der Waals surface area (Å²) in [6.45, 7) is 2.14. The van der Waals surface area contributed by atoms with Crippen LogP contribution < -0.4 is 15.8 Å². The third-order valence-electron chi connectivity index (χ3n) is 3.74. The normalized spacial score (nSPS) is 13.8. The summed E-state index contributed by atoms with van der Waals surface area (Å²) in [6.07, 6.45) is 0. The molecule has 0 atom stereocenters. The number of aromatic nitrogens is 1. The zero-order valence-corrected chi connectivity index (χ0v) is 12.4. The summed E-state index contributed by atoms with van der Waals surface area (Å²) in [4.78, 5) is 11.9. The number of amides is 1. The van der Waals surface area contributed by atoms with E-state index in [1.165, 1.54) is 0 Å². The minimum absolute atomic E-state index is 0.458. The summed E-state index contributed by atoms with van der Waals surface area (Å²) in [7, 11) is 1.61. The average molecular weight is 306 g/mol. The van der Waals surface area contributed by atoms with E-state index in [-0.39, 0.29) is 0 Å². The minimum atomic E-state index is -0.458. The molecule has 21 heavy (non-hydrogen) atoms. The molecule has 0 spiro atoms. The van der Waals surface area contributed by atoms with E-state index in [9.17, 15) is 4.79 Å². The second-order valence-electron chi connectivity index (χ2n) is 4.91. The van der Waals surface area contributed by atoms with E-state index in [4.69, 9.17) is 22.1 Å². The summed E-state index contributed by atoms with van der Waals surface area (Å²) in [5, 5.41) is 3.80. The molecular formula is C15H16ClN3O2. The van der Waals surface area contributed by atoms with E-state index in [1.54, 1.807) is 7.11 Å². The fourth-order valence-corrected chi connectivity index (χ4v) is 3.13. The molecule has 1 aliphatic heterocycles. The fraction of sp³-hybridized carbons (Fsp3) is 0.267. The standard InChI is InChI=1S/C15H16ClN3O2/c1-21-10-4-2-9(3-5-10)12-13(15(17)20)11-8-18-6-7-19(11)14(12)16/h2-5,18H,6-8H2,1H3,(H2,17,20). The average Bonchev–Trinajstić information content (AvgIpc) is 2.81. The number of ether oxygens (including phenoxy) is 1. The highest BCUT2D eigenvalue weighted by Crippen LogP contribution is 2.37. The van der Waals surface area contributed by atoms with E-state index in [0.29, 0.717) is 22.8 Å². The highest BCUT2D eigenvalue weighted by atomic mass is 35.5. The molecule has 6 heteroatoms. The molecule has 0 aliphatic carbocycles. The summed E-state index contributed by atoms with van der Waals surface area (Å²) >= 11 is 6.50. The summed E-state index contributed by atoms with van der Waals surface area (Å²) in [5.74, 6) is 0.293. The van der Waals surface area contributed by atoms with Crippen LogP contribution in [0.3, 0.4) is 0 Å². The molecule has 0 bridgehead atoms. The Morgan fingerprint density at radius 2 is 2.10 bits per heavy atom. The maximum atomic E-state index is 11.9. The van der Waals surface area contributed by atoms with Crippen LogP contribution in [0.15, 0.2) is 24.3 Å². The van der Waals surface area contributed by atoms with Crippen molar-refractivity contribution >= 4 is 17.5 Å². The molecule has 0 saturated carbocycles. The van der Waals surface area contributed by atoms with Crippen molar-refractivity contribution in [1.29, 1.82) is 0 Å². The molecule has 0 fully saturated rings. The Morgan fingerprint density at radius 1 is 1.38 bits per heavy atom. The number of hydrogen-bond donors (Lipinski definition) is 2. The van der Waals surface area contributed by atoms with Gasteiger partial charge in [0.2, 0.25) is 0 Å². The molecule has 5 nitrogen and oxygen atoms in total. The molecule has 3 N–H and O–H groups in total. The highest BCUT2D eigenvalue weighted by molar-refractivity contribution is 6.33. The number of benzene rings is 1. The van der Waals surface area contributed by atoms with E-state index >= 15 is 0 Å². The molecule has 0 unspecified atom stereocenters. The summed E-state index contributed by atoms with van der Waals surface area (Å²) in [5.41, 5.74) is 8.49. The van der Waals surface area contributed by atoms with Crippen LogP contribution in [0.5, 0.6) is 5.75 Å². The molecule has 110 valence electrons. The van der Waals surface area contributed by atoms with Crippen LogP contribution in [0.25, 0.3) is 11.1 Å². The van der Waals surface area contributed by atoms with Crippen LogP contribution in [-0.2, 0) is 13.1 Å². The van der Waals surface area contributed by atoms with Crippen LogP contribution in [0.4, 0.5) is 0 Å². The molecule has 1 amide bonds. The van der Waals surface area contributed by atoms with Crippen molar-refractivity contribution in [2.24, 2.45) is 5.73 Å². The van der Waals surface area contributed by atoms with Gasteiger partial charge in [0.15, 0.2) is 0 Å². The van der Waals surface area contributed by atoms with Crippen LogP contribution in [0, 0.1) is 0 Å². The first-order chi connectivity index (χ1) is 10.1. The Hall–Kier alpha value is -1.98. The van der Waals surface area contributed by atoms with Gasteiger partial charge in [0.05, 0.1) is 12.7 Å². The first-order valence-corrected chi connectivity index (χ1v) is 7.07. The van der Waals surface area contributed by atoms with Gasteiger partial charge in [-0.25, -0.2) is 0 Å². The maximum absolute atomic E-state index is 11.9. The van der Waals surface area contributed by atoms with Crippen LogP contribution >= 0.6 is 11.6 Å². The lowest BCUT2D eigenvalue weighted by atomic mass is 10.0. The lowest BCUT2D eigenvalue weighted by Gasteiger charge is -2.17. The van der Waals surface area contributed by atoms with Crippen molar-refractivity contribution < 1.29 is 9.53 Å². The van der Waals surface area contributed by atoms with Crippen molar-refractivity contribution in [2.45, 2.75) is 13.1 Å². The van der Waals surface area contributed by atoms with E-state index in [0.717, 1.165) is 30.1 Å². The molecule has 1 aromatic carbocycles. The van der Waals surface area contributed by atoms with Gasteiger partial charge in [-0.1, -0.05) is 23.7 Å². The van der Waals surface area contributed by atoms with E-state index in [2.05, 4.69) is 5.32 Å². The molecule has 1 aliphatic rings. The van der Waals surface area contributed by atoms with E-state index < -0.39 is 5.91 Å². The number of nitrogens with zero attached hydrogens (tertiary/aromatic N) is 1. The topological polar surface area (TPSA) is 69.3 Å². The van der Waals surface area contributed by atoms with Crippen molar-refractivity contribution in [3.63, 3.8) is 0 Å². The lowest BCUT2D eigenvalue weighted by molar-refractivity contribution is 0.0999. The molecule has 1 aromatic heterocycles.